The van der Waals surface area contributed by atoms with Crippen molar-refractivity contribution in [1.29, 1.82) is 0 Å². The lowest BCUT2D eigenvalue weighted by Crippen LogP contribution is -2.46. The number of amides is 1. The number of cyclic esters (lactones) is 1. The molecule has 0 bridgehead atoms. The molecule has 10 heteroatoms. The molecule has 2 N–H and O–H groups in total. The molecular formula is C26H31FN2O7. The maximum absolute atomic E-state index is 13.4. The van der Waals surface area contributed by atoms with Gasteiger partial charge in [-0.1, -0.05) is 12.1 Å². The lowest BCUT2D eigenvalue weighted by molar-refractivity contribution is -0.155. The van der Waals surface area contributed by atoms with Gasteiger partial charge in [0, 0.05) is 24.8 Å². The highest BCUT2D eigenvalue weighted by atomic mass is 19.1. The molecule has 2 aromatic rings. The van der Waals surface area contributed by atoms with Crippen LogP contribution in [0.5, 0.6) is 11.5 Å². The molecule has 0 radical (unpaired) electrons. The molecular weight excluding hydrogens is 471 g/mol. The Morgan fingerprint density at radius 2 is 1.97 bits per heavy atom. The smallest absolute Gasteiger partial charge is 0.331 e. The van der Waals surface area contributed by atoms with Gasteiger partial charge in [0.15, 0.2) is 23.2 Å². The minimum atomic E-state index is -1.12. The van der Waals surface area contributed by atoms with E-state index < -0.39 is 29.8 Å². The Morgan fingerprint density at radius 1 is 1.22 bits per heavy atom. The Morgan fingerprint density at radius 3 is 2.67 bits per heavy atom. The summed E-state index contributed by atoms with van der Waals surface area (Å²) in [6.07, 6.45) is 3.12. The van der Waals surface area contributed by atoms with E-state index >= 15 is 0 Å². The zero-order valence-electron chi connectivity index (χ0n) is 20.3. The fraction of sp³-hybridized carbons (Fsp3) is 0.500. The number of methoxy groups -OCH3 is 1. The van der Waals surface area contributed by atoms with Crippen LogP contribution in [0.15, 0.2) is 36.5 Å². The number of hydrogen-bond acceptors (Lipinski definition) is 8. The van der Waals surface area contributed by atoms with E-state index in [0.717, 1.165) is 18.4 Å². The van der Waals surface area contributed by atoms with Crippen molar-refractivity contribution in [1.82, 2.24) is 10.3 Å². The molecule has 2 heterocycles. The standard InChI is InChI=1S/C26H31FN2O7/c1-15-19(11-16-5-7-18(27)8-6-16)22(35-12-17-3-4-17)14-34-13-20(26(32)36-15)29-25(31)23-24(30)21(33-2)9-10-28-23/h5-10,15,17,19-20,22,30H,3-4,11-14H2,1-2H3,(H,29,31)/t15-,19-,20-,22-/m0/s1. The minimum absolute atomic E-state index is 0.0800. The van der Waals surface area contributed by atoms with Gasteiger partial charge in [0.05, 0.1) is 26.4 Å². The Kier molecular flexibility index (Phi) is 8.37. The van der Waals surface area contributed by atoms with Gasteiger partial charge in [0.2, 0.25) is 0 Å². The van der Waals surface area contributed by atoms with E-state index in [0.29, 0.717) is 18.9 Å². The van der Waals surface area contributed by atoms with E-state index in [9.17, 15) is 19.1 Å². The van der Waals surface area contributed by atoms with Crippen molar-refractivity contribution in [2.45, 2.75) is 44.4 Å². The first kappa shape index (κ1) is 25.8. The van der Waals surface area contributed by atoms with Gasteiger partial charge in [0.1, 0.15) is 11.9 Å². The van der Waals surface area contributed by atoms with Gasteiger partial charge in [-0.2, -0.15) is 0 Å². The predicted octanol–water partition coefficient (Wildman–Crippen LogP) is 2.65. The summed E-state index contributed by atoms with van der Waals surface area (Å²) < 4.78 is 36.2. The zero-order chi connectivity index (χ0) is 25.7. The van der Waals surface area contributed by atoms with Crippen molar-refractivity contribution in [3.05, 3.63) is 53.6 Å². The topological polar surface area (TPSA) is 116 Å². The summed E-state index contributed by atoms with van der Waals surface area (Å²) in [6, 6.07) is 6.48. The number of esters is 1. The molecule has 1 aromatic heterocycles. The molecule has 0 unspecified atom stereocenters. The fourth-order valence-electron chi connectivity index (χ4n) is 4.15. The van der Waals surface area contributed by atoms with Crippen molar-refractivity contribution in [3.63, 3.8) is 0 Å². The molecule has 9 nitrogen and oxygen atoms in total. The lowest BCUT2D eigenvalue weighted by atomic mass is 9.89. The minimum Gasteiger partial charge on any atom is -0.503 e. The number of ether oxygens (including phenoxy) is 4. The van der Waals surface area contributed by atoms with Crippen molar-refractivity contribution < 1.29 is 38.0 Å². The van der Waals surface area contributed by atoms with Crippen LogP contribution in [0.4, 0.5) is 4.39 Å². The van der Waals surface area contributed by atoms with Crippen LogP contribution < -0.4 is 10.1 Å². The molecule has 1 amide bonds. The van der Waals surface area contributed by atoms with Crippen molar-refractivity contribution in [2.24, 2.45) is 11.8 Å². The summed E-state index contributed by atoms with van der Waals surface area (Å²) in [7, 11) is 1.35. The molecule has 1 saturated carbocycles. The van der Waals surface area contributed by atoms with Crippen LogP contribution in [0.1, 0.15) is 35.8 Å². The number of carbonyl (C=O) groups is 2. The van der Waals surface area contributed by atoms with Crippen LogP contribution in [0, 0.1) is 17.7 Å². The van der Waals surface area contributed by atoms with Crippen LogP contribution in [0.3, 0.4) is 0 Å². The molecule has 2 fully saturated rings. The summed E-state index contributed by atoms with van der Waals surface area (Å²) >= 11 is 0. The summed E-state index contributed by atoms with van der Waals surface area (Å²) in [5.74, 6) is -1.85. The van der Waals surface area contributed by atoms with Gasteiger partial charge in [-0.25, -0.2) is 14.2 Å². The molecule has 4 atom stereocenters. The molecule has 4 rings (SSSR count). The second-order valence-corrected chi connectivity index (χ2v) is 9.23. The van der Waals surface area contributed by atoms with Crippen LogP contribution in [-0.2, 0) is 25.4 Å². The molecule has 194 valence electrons. The van der Waals surface area contributed by atoms with E-state index in [4.69, 9.17) is 18.9 Å². The quantitative estimate of drug-likeness (QED) is 0.530. The van der Waals surface area contributed by atoms with E-state index in [1.165, 1.54) is 31.5 Å². The summed E-state index contributed by atoms with van der Waals surface area (Å²) in [6.45, 7) is 2.41. The normalized spacial score (nSPS) is 24.7. The number of halogens is 1. The largest absolute Gasteiger partial charge is 0.503 e. The van der Waals surface area contributed by atoms with Crippen LogP contribution >= 0.6 is 0 Å². The van der Waals surface area contributed by atoms with Gasteiger partial charge in [-0.3, -0.25) is 4.79 Å². The first-order valence-electron chi connectivity index (χ1n) is 12.0. The third-order valence-electron chi connectivity index (χ3n) is 6.49. The summed E-state index contributed by atoms with van der Waals surface area (Å²) in [5, 5.41) is 12.8. The third kappa shape index (κ3) is 6.50. The van der Waals surface area contributed by atoms with Gasteiger partial charge in [-0.05, 0) is 49.8 Å². The maximum Gasteiger partial charge on any atom is 0.331 e. The van der Waals surface area contributed by atoms with Gasteiger partial charge in [-0.15, -0.1) is 0 Å². The van der Waals surface area contributed by atoms with Crippen molar-refractivity contribution in [3.8, 4) is 11.5 Å². The number of rotatable bonds is 8. The average molecular weight is 503 g/mol. The maximum atomic E-state index is 13.4. The number of carbonyl (C=O) groups excluding carboxylic acids is 2. The molecule has 0 spiro atoms. The van der Waals surface area contributed by atoms with Crippen LogP contribution in [0.2, 0.25) is 0 Å². The first-order chi connectivity index (χ1) is 17.4. The second-order valence-electron chi connectivity index (χ2n) is 9.23. The van der Waals surface area contributed by atoms with Gasteiger partial charge >= 0.3 is 5.97 Å². The Hall–Kier alpha value is -3.24. The second kappa shape index (κ2) is 11.7. The Bertz CT molecular complexity index is 1060. The Balaban J connectivity index is 1.49. The molecule has 1 aliphatic heterocycles. The van der Waals surface area contributed by atoms with Crippen LogP contribution in [0.25, 0.3) is 0 Å². The summed E-state index contributed by atoms with van der Waals surface area (Å²) in [4.78, 5) is 29.7. The SMILES string of the molecule is COc1ccnc(C(=O)N[C@H]2COC[C@H](OCC3CC3)[C@@H](Cc3ccc(F)cc3)[C@H](C)OC2=O)c1O. The zero-order valence-corrected chi connectivity index (χ0v) is 20.3. The van der Waals surface area contributed by atoms with Crippen molar-refractivity contribution in [2.75, 3.05) is 26.9 Å². The first-order valence-corrected chi connectivity index (χ1v) is 12.0. The lowest BCUT2D eigenvalue weighted by Gasteiger charge is -2.31. The molecule has 1 aliphatic carbocycles. The van der Waals surface area contributed by atoms with E-state index in [2.05, 4.69) is 10.3 Å². The van der Waals surface area contributed by atoms with Gasteiger partial charge < -0.3 is 29.4 Å². The number of nitrogens with zero attached hydrogens (tertiary/aromatic N) is 1. The number of benzene rings is 1. The number of hydrogen-bond donors (Lipinski definition) is 2. The highest BCUT2D eigenvalue weighted by molar-refractivity contribution is 5.98. The van der Waals surface area contributed by atoms with E-state index in [-0.39, 0.29) is 42.5 Å². The van der Waals surface area contributed by atoms with Crippen LogP contribution in [-0.4, -0.2) is 67.1 Å². The molecule has 1 saturated heterocycles. The predicted molar refractivity (Wildman–Crippen MR) is 126 cm³/mol. The van der Waals surface area contributed by atoms with Crippen molar-refractivity contribution >= 4 is 11.9 Å². The Labute approximate surface area is 208 Å². The summed E-state index contributed by atoms with van der Waals surface area (Å²) in [5.41, 5.74) is 0.600. The van der Waals surface area contributed by atoms with E-state index in [1.54, 1.807) is 19.1 Å². The number of pyridine rings is 1. The molecule has 1 aromatic carbocycles. The number of nitrogens with one attached hydrogen (secondary N) is 1. The number of aromatic hydroxyl groups is 1. The number of aromatic nitrogens is 1. The molecule has 36 heavy (non-hydrogen) atoms. The fourth-order valence-corrected chi connectivity index (χ4v) is 4.15. The highest BCUT2D eigenvalue weighted by Crippen LogP contribution is 2.31. The molecule has 2 aliphatic rings. The van der Waals surface area contributed by atoms with E-state index in [1.807, 2.05) is 0 Å². The monoisotopic (exact) mass is 502 g/mol. The highest BCUT2D eigenvalue weighted by Gasteiger charge is 2.37. The third-order valence-corrected chi connectivity index (χ3v) is 6.49. The average Bonchev–Trinajstić information content (AvgIpc) is 3.69. The van der Waals surface area contributed by atoms with Gasteiger partial charge in [0.25, 0.3) is 5.91 Å².